The van der Waals surface area contributed by atoms with E-state index < -0.39 is 0 Å². The standard InChI is InChI=1S/C21H21FN6O2/c22-17-3-7-20(8-4-17)30-19-5-1-15(2-6-19)16-11-27(12-16)21(29)26-10-9-18(13-26)28-24-14-23-25-28/h1-8,14,16,18H,9-13H2/t18-/m0/s1. The van der Waals surface area contributed by atoms with Crippen molar-refractivity contribution < 1.29 is 13.9 Å². The van der Waals surface area contributed by atoms with E-state index in [2.05, 4.69) is 15.4 Å². The maximum atomic E-state index is 13.0. The molecule has 0 saturated carbocycles. The molecular weight excluding hydrogens is 387 g/mol. The molecule has 2 aliphatic heterocycles. The van der Waals surface area contributed by atoms with Crippen LogP contribution in [0.2, 0.25) is 0 Å². The fourth-order valence-corrected chi connectivity index (χ4v) is 3.94. The van der Waals surface area contributed by atoms with Crippen molar-refractivity contribution >= 4 is 6.03 Å². The number of nitrogens with zero attached hydrogens (tertiary/aromatic N) is 6. The van der Waals surface area contributed by atoms with E-state index >= 15 is 0 Å². The van der Waals surface area contributed by atoms with E-state index in [9.17, 15) is 9.18 Å². The summed E-state index contributed by atoms with van der Waals surface area (Å²) in [4.78, 5) is 18.1. The maximum Gasteiger partial charge on any atom is 0.320 e. The largest absolute Gasteiger partial charge is 0.457 e. The van der Waals surface area contributed by atoms with Gasteiger partial charge in [0.25, 0.3) is 0 Å². The molecule has 0 bridgehead atoms. The van der Waals surface area contributed by atoms with Gasteiger partial charge in [0.05, 0.1) is 6.04 Å². The van der Waals surface area contributed by atoms with Gasteiger partial charge in [0.1, 0.15) is 17.3 Å². The number of urea groups is 1. The van der Waals surface area contributed by atoms with Crippen molar-refractivity contribution in [3.63, 3.8) is 0 Å². The second-order valence-corrected chi connectivity index (χ2v) is 7.65. The van der Waals surface area contributed by atoms with Crippen LogP contribution in [0.1, 0.15) is 23.9 Å². The van der Waals surface area contributed by atoms with Crippen molar-refractivity contribution in [1.82, 2.24) is 30.0 Å². The van der Waals surface area contributed by atoms with Crippen LogP contribution in [-0.2, 0) is 0 Å². The van der Waals surface area contributed by atoms with E-state index in [-0.39, 0.29) is 17.9 Å². The number of tetrazole rings is 1. The van der Waals surface area contributed by atoms with Gasteiger partial charge in [-0.3, -0.25) is 0 Å². The van der Waals surface area contributed by atoms with Crippen molar-refractivity contribution in [2.75, 3.05) is 26.2 Å². The average molecular weight is 408 g/mol. The molecule has 3 heterocycles. The molecule has 1 atom stereocenters. The average Bonchev–Trinajstić information content (AvgIpc) is 3.41. The van der Waals surface area contributed by atoms with Gasteiger partial charge in [-0.05, 0) is 53.6 Å². The minimum absolute atomic E-state index is 0.0742. The number of likely N-dealkylation sites (tertiary alicyclic amines) is 2. The van der Waals surface area contributed by atoms with Gasteiger partial charge < -0.3 is 14.5 Å². The smallest absolute Gasteiger partial charge is 0.320 e. The first-order valence-corrected chi connectivity index (χ1v) is 9.95. The molecule has 0 aliphatic carbocycles. The number of ether oxygens (including phenoxy) is 1. The zero-order valence-electron chi connectivity index (χ0n) is 16.3. The molecule has 2 aliphatic rings. The molecule has 0 unspecified atom stereocenters. The minimum Gasteiger partial charge on any atom is -0.457 e. The Morgan fingerprint density at radius 3 is 2.33 bits per heavy atom. The molecule has 8 nitrogen and oxygen atoms in total. The predicted octanol–water partition coefficient (Wildman–Crippen LogP) is 3.07. The van der Waals surface area contributed by atoms with Crippen LogP contribution in [0.5, 0.6) is 11.5 Å². The highest BCUT2D eigenvalue weighted by atomic mass is 19.1. The van der Waals surface area contributed by atoms with E-state index in [0.29, 0.717) is 43.6 Å². The lowest BCUT2D eigenvalue weighted by molar-refractivity contribution is 0.120. The molecule has 2 amide bonds. The van der Waals surface area contributed by atoms with Gasteiger partial charge >= 0.3 is 6.03 Å². The molecule has 3 aromatic rings. The Kier molecular flexibility index (Phi) is 4.78. The molecule has 5 rings (SSSR count). The second-order valence-electron chi connectivity index (χ2n) is 7.65. The monoisotopic (exact) mass is 408 g/mol. The summed E-state index contributed by atoms with van der Waals surface area (Å²) in [6.07, 6.45) is 2.26. The van der Waals surface area contributed by atoms with E-state index in [1.165, 1.54) is 24.0 Å². The van der Waals surface area contributed by atoms with Gasteiger partial charge in [0.15, 0.2) is 6.33 Å². The Morgan fingerprint density at radius 2 is 1.67 bits per heavy atom. The van der Waals surface area contributed by atoms with Crippen LogP contribution in [-0.4, -0.2) is 62.2 Å². The first-order chi connectivity index (χ1) is 14.7. The van der Waals surface area contributed by atoms with E-state index in [4.69, 9.17) is 4.74 Å². The number of hydrogen-bond acceptors (Lipinski definition) is 5. The number of carbonyl (C=O) groups excluding carboxylic acids is 1. The Bertz CT molecular complexity index is 1000. The van der Waals surface area contributed by atoms with Gasteiger partial charge in [-0.2, -0.15) is 4.80 Å². The van der Waals surface area contributed by atoms with Gasteiger partial charge in [-0.25, -0.2) is 9.18 Å². The fraction of sp³-hybridized carbons (Fsp3) is 0.333. The molecule has 0 spiro atoms. The molecule has 9 heteroatoms. The molecule has 154 valence electrons. The third kappa shape index (κ3) is 3.70. The van der Waals surface area contributed by atoms with Crippen LogP contribution in [0.25, 0.3) is 0 Å². The lowest BCUT2D eigenvalue weighted by Gasteiger charge is -2.41. The SMILES string of the molecule is O=C(N1CC(c2ccc(Oc3ccc(F)cc3)cc2)C1)N1CC[C@H](n2ncnn2)C1. The minimum atomic E-state index is -0.290. The number of carbonyl (C=O) groups is 1. The molecule has 0 radical (unpaired) electrons. The van der Waals surface area contributed by atoms with Crippen molar-refractivity contribution in [2.45, 2.75) is 18.4 Å². The van der Waals surface area contributed by atoms with Crippen LogP contribution in [0.4, 0.5) is 9.18 Å². The maximum absolute atomic E-state index is 13.0. The summed E-state index contributed by atoms with van der Waals surface area (Å²) in [6, 6.07) is 14.0. The van der Waals surface area contributed by atoms with Crippen molar-refractivity contribution in [3.8, 4) is 11.5 Å². The highest BCUT2D eigenvalue weighted by molar-refractivity contribution is 5.76. The number of benzene rings is 2. The van der Waals surface area contributed by atoms with Crippen molar-refractivity contribution in [3.05, 3.63) is 66.2 Å². The molecule has 2 fully saturated rings. The summed E-state index contributed by atoms with van der Waals surface area (Å²) < 4.78 is 18.7. The fourth-order valence-electron chi connectivity index (χ4n) is 3.94. The highest BCUT2D eigenvalue weighted by Crippen LogP contribution is 2.31. The third-order valence-electron chi connectivity index (χ3n) is 5.68. The molecule has 2 aromatic carbocycles. The Hall–Kier alpha value is -3.49. The van der Waals surface area contributed by atoms with Gasteiger partial charge in [0.2, 0.25) is 0 Å². The predicted molar refractivity (Wildman–Crippen MR) is 106 cm³/mol. The Labute approximate surface area is 172 Å². The van der Waals surface area contributed by atoms with Crippen molar-refractivity contribution in [2.24, 2.45) is 0 Å². The lowest BCUT2D eigenvalue weighted by Crippen LogP contribution is -2.53. The number of hydrogen-bond donors (Lipinski definition) is 0. The topological polar surface area (TPSA) is 76.4 Å². The molecular formula is C21H21FN6O2. The summed E-state index contributed by atoms with van der Waals surface area (Å²) in [7, 11) is 0. The molecule has 30 heavy (non-hydrogen) atoms. The van der Waals surface area contributed by atoms with Gasteiger partial charge in [0, 0.05) is 32.1 Å². The number of halogens is 1. The Balaban J connectivity index is 1.13. The van der Waals surface area contributed by atoms with Gasteiger partial charge in [-0.1, -0.05) is 12.1 Å². The number of amides is 2. The summed E-state index contributed by atoms with van der Waals surface area (Å²) in [5.41, 5.74) is 1.18. The normalized spacial score (nSPS) is 19.0. The molecule has 2 saturated heterocycles. The van der Waals surface area contributed by atoms with Crippen LogP contribution in [0.3, 0.4) is 0 Å². The second kappa shape index (κ2) is 7.74. The lowest BCUT2D eigenvalue weighted by atomic mass is 9.92. The van der Waals surface area contributed by atoms with Crippen molar-refractivity contribution in [1.29, 1.82) is 0 Å². The van der Waals surface area contributed by atoms with Crippen LogP contribution < -0.4 is 4.74 Å². The summed E-state index contributed by atoms with van der Waals surface area (Å²) in [6.45, 7) is 2.74. The van der Waals surface area contributed by atoms with Gasteiger partial charge in [-0.15, -0.1) is 10.2 Å². The van der Waals surface area contributed by atoms with E-state index in [1.807, 2.05) is 34.1 Å². The first-order valence-electron chi connectivity index (χ1n) is 9.95. The van der Waals surface area contributed by atoms with Crippen LogP contribution >= 0.6 is 0 Å². The number of aromatic nitrogens is 4. The zero-order chi connectivity index (χ0) is 20.5. The summed E-state index contributed by atoms with van der Waals surface area (Å²) >= 11 is 0. The quantitative estimate of drug-likeness (QED) is 0.663. The Morgan fingerprint density at radius 1 is 0.967 bits per heavy atom. The molecule has 0 N–H and O–H groups in total. The number of rotatable bonds is 4. The zero-order valence-corrected chi connectivity index (χ0v) is 16.3. The van der Waals surface area contributed by atoms with Crippen LogP contribution in [0.15, 0.2) is 54.9 Å². The highest BCUT2D eigenvalue weighted by Gasteiger charge is 2.37. The molecule has 1 aromatic heterocycles. The van der Waals surface area contributed by atoms with E-state index in [0.717, 1.165) is 6.42 Å². The summed E-state index contributed by atoms with van der Waals surface area (Å²) in [5, 5.41) is 11.8. The first kappa shape index (κ1) is 18.5. The van der Waals surface area contributed by atoms with E-state index in [1.54, 1.807) is 16.9 Å². The summed E-state index contributed by atoms with van der Waals surface area (Å²) in [5.74, 6) is 1.32. The van der Waals surface area contributed by atoms with Crippen LogP contribution in [0, 0.1) is 5.82 Å². The third-order valence-corrected chi connectivity index (χ3v) is 5.68.